The average Bonchev–Trinajstić information content (AvgIpc) is 3.04. The fourth-order valence-corrected chi connectivity index (χ4v) is 4.68. The van der Waals surface area contributed by atoms with Gasteiger partial charge in [-0.25, -0.2) is 8.42 Å². The lowest BCUT2D eigenvalue weighted by Crippen LogP contribution is -2.33. The molecule has 0 radical (unpaired) electrons. The molecule has 0 aliphatic rings. The van der Waals surface area contributed by atoms with E-state index < -0.39 is 10.0 Å². The minimum absolute atomic E-state index is 0.235. The lowest BCUT2D eigenvalue weighted by atomic mass is 10.1. The number of aromatic nitrogens is 2. The molecule has 0 spiro atoms. The van der Waals surface area contributed by atoms with Gasteiger partial charge in [0.05, 0.1) is 11.7 Å². The smallest absolute Gasteiger partial charge is 0.207 e. The Kier molecular flexibility index (Phi) is 4.70. The minimum Gasteiger partial charge on any atom is -0.207 e. The second-order valence-electron chi connectivity index (χ2n) is 5.12. The van der Waals surface area contributed by atoms with E-state index in [-0.39, 0.29) is 4.90 Å². The van der Waals surface area contributed by atoms with Gasteiger partial charge >= 0.3 is 0 Å². The van der Waals surface area contributed by atoms with Crippen LogP contribution in [0.15, 0.2) is 53.4 Å². The third-order valence-electron chi connectivity index (χ3n) is 3.71. The van der Waals surface area contributed by atoms with Gasteiger partial charge < -0.3 is 0 Å². The Labute approximate surface area is 140 Å². The van der Waals surface area contributed by atoms with E-state index in [2.05, 4.69) is 8.75 Å². The molecular weight excluding hydrogens is 330 g/mol. The normalized spacial score (nSPS) is 12.1. The minimum atomic E-state index is -3.58. The van der Waals surface area contributed by atoms with Gasteiger partial charge in [0, 0.05) is 13.1 Å². The summed E-state index contributed by atoms with van der Waals surface area (Å²) in [6.07, 6.45) is 0.680. The number of sulfonamides is 1. The molecule has 5 nitrogen and oxygen atoms in total. The van der Waals surface area contributed by atoms with E-state index in [0.717, 1.165) is 17.3 Å². The van der Waals surface area contributed by atoms with Crippen molar-refractivity contribution in [3.05, 3.63) is 54.1 Å². The Morgan fingerprint density at radius 3 is 2.57 bits per heavy atom. The van der Waals surface area contributed by atoms with Gasteiger partial charge in [-0.3, -0.25) is 0 Å². The molecule has 23 heavy (non-hydrogen) atoms. The summed E-state index contributed by atoms with van der Waals surface area (Å²) in [5, 5.41) is 0. The van der Waals surface area contributed by atoms with Crippen LogP contribution in [0.2, 0.25) is 0 Å². The molecular formula is C16H17N3O2S2. The zero-order valence-corrected chi connectivity index (χ0v) is 14.3. The van der Waals surface area contributed by atoms with Gasteiger partial charge in [0.1, 0.15) is 15.9 Å². The molecule has 3 aromatic rings. The Morgan fingerprint density at radius 2 is 1.83 bits per heavy atom. The fourth-order valence-electron chi connectivity index (χ4n) is 2.48. The van der Waals surface area contributed by atoms with Gasteiger partial charge in [-0.05, 0) is 24.1 Å². The van der Waals surface area contributed by atoms with Crippen LogP contribution >= 0.6 is 11.7 Å². The summed E-state index contributed by atoms with van der Waals surface area (Å²) in [5.41, 5.74) is 2.19. The highest BCUT2D eigenvalue weighted by atomic mass is 32.2. The molecule has 0 fully saturated rings. The molecule has 0 amide bonds. The largest absolute Gasteiger partial charge is 0.245 e. The number of likely N-dealkylation sites (N-methyl/N-ethyl adjacent to an activating group) is 1. The second kappa shape index (κ2) is 6.74. The van der Waals surface area contributed by atoms with Crippen LogP contribution in [0.5, 0.6) is 0 Å². The average molecular weight is 347 g/mol. The highest BCUT2D eigenvalue weighted by Gasteiger charge is 2.26. The Bertz CT molecular complexity index is 892. The molecule has 0 atom stereocenters. The van der Waals surface area contributed by atoms with E-state index in [1.54, 1.807) is 18.2 Å². The Hall–Kier alpha value is -1.83. The predicted molar refractivity (Wildman–Crippen MR) is 92.0 cm³/mol. The second-order valence-corrected chi connectivity index (χ2v) is 7.56. The molecule has 3 rings (SSSR count). The summed E-state index contributed by atoms with van der Waals surface area (Å²) in [4.78, 5) is 0.235. The van der Waals surface area contributed by atoms with Crippen LogP contribution in [0.4, 0.5) is 0 Å². The predicted octanol–water partition coefficient (Wildman–Crippen LogP) is 2.94. The maximum Gasteiger partial charge on any atom is 0.245 e. The monoisotopic (exact) mass is 347 g/mol. The lowest BCUT2D eigenvalue weighted by molar-refractivity contribution is 0.431. The highest BCUT2D eigenvalue weighted by molar-refractivity contribution is 7.89. The van der Waals surface area contributed by atoms with Crippen LogP contribution < -0.4 is 0 Å². The molecule has 0 aliphatic heterocycles. The molecule has 120 valence electrons. The van der Waals surface area contributed by atoms with Crippen LogP contribution in [0.3, 0.4) is 0 Å². The van der Waals surface area contributed by atoms with Crippen LogP contribution in [-0.2, 0) is 16.4 Å². The number of hydrogen-bond donors (Lipinski definition) is 0. The molecule has 2 aromatic carbocycles. The lowest BCUT2D eigenvalue weighted by Gasteiger charge is -2.20. The van der Waals surface area contributed by atoms with Crippen molar-refractivity contribution in [2.75, 3.05) is 13.1 Å². The number of fused-ring (bicyclic) bond motifs is 1. The summed E-state index contributed by atoms with van der Waals surface area (Å²) in [6.45, 7) is 2.71. The van der Waals surface area contributed by atoms with Crippen LogP contribution in [0, 0.1) is 0 Å². The topological polar surface area (TPSA) is 63.2 Å². The van der Waals surface area contributed by atoms with Gasteiger partial charge in [0.15, 0.2) is 0 Å². The molecule has 0 N–H and O–H groups in total. The van der Waals surface area contributed by atoms with Gasteiger partial charge in [0.25, 0.3) is 0 Å². The summed E-state index contributed by atoms with van der Waals surface area (Å²) < 4.78 is 35.7. The van der Waals surface area contributed by atoms with Crippen molar-refractivity contribution < 1.29 is 8.42 Å². The van der Waals surface area contributed by atoms with Crippen molar-refractivity contribution in [1.29, 1.82) is 0 Å². The molecule has 0 aliphatic carbocycles. The van der Waals surface area contributed by atoms with E-state index in [1.807, 2.05) is 37.3 Å². The number of hydrogen-bond acceptors (Lipinski definition) is 5. The Morgan fingerprint density at radius 1 is 1.04 bits per heavy atom. The molecule has 7 heteroatoms. The first-order chi connectivity index (χ1) is 11.1. The van der Waals surface area contributed by atoms with Gasteiger partial charge in [-0.15, -0.1) is 0 Å². The van der Waals surface area contributed by atoms with E-state index >= 15 is 0 Å². The molecule has 1 aromatic heterocycles. The van der Waals surface area contributed by atoms with Gasteiger partial charge in [0.2, 0.25) is 10.0 Å². The first kappa shape index (κ1) is 16.0. The maximum absolute atomic E-state index is 13.0. The first-order valence-electron chi connectivity index (χ1n) is 7.38. The Balaban J connectivity index is 1.89. The zero-order valence-electron chi connectivity index (χ0n) is 12.7. The summed E-state index contributed by atoms with van der Waals surface area (Å²) >= 11 is 1.03. The van der Waals surface area contributed by atoms with Crippen LogP contribution in [0.25, 0.3) is 11.0 Å². The third kappa shape index (κ3) is 3.26. The molecule has 0 bridgehead atoms. The van der Waals surface area contributed by atoms with Crippen molar-refractivity contribution in [2.24, 2.45) is 0 Å². The summed E-state index contributed by atoms with van der Waals surface area (Å²) in [6, 6.07) is 15.0. The third-order valence-corrected chi connectivity index (χ3v) is 6.26. The van der Waals surface area contributed by atoms with Gasteiger partial charge in [-0.2, -0.15) is 13.1 Å². The van der Waals surface area contributed by atoms with Crippen molar-refractivity contribution in [3.8, 4) is 0 Å². The number of benzene rings is 2. The first-order valence-corrected chi connectivity index (χ1v) is 9.55. The van der Waals surface area contributed by atoms with Crippen LogP contribution in [-0.4, -0.2) is 34.6 Å². The van der Waals surface area contributed by atoms with Gasteiger partial charge in [-0.1, -0.05) is 43.3 Å². The number of rotatable bonds is 6. The van der Waals surface area contributed by atoms with E-state index in [4.69, 9.17) is 0 Å². The molecule has 1 heterocycles. The zero-order chi connectivity index (χ0) is 16.3. The summed E-state index contributed by atoms with van der Waals surface area (Å²) in [7, 11) is -3.58. The molecule has 0 saturated carbocycles. The number of nitrogens with zero attached hydrogens (tertiary/aromatic N) is 3. The van der Waals surface area contributed by atoms with Crippen molar-refractivity contribution in [3.63, 3.8) is 0 Å². The highest BCUT2D eigenvalue weighted by Crippen LogP contribution is 2.24. The summed E-state index contributed by atoms with van der Waals surface area (Å²) in [5.74, 6) is 0. The van der Waals surface area contributed by atoms with Crippen molar-refractivity contribution >= 4 is 32.8 Å². The van der Waals surface area contributed by atoms with E-state index in [9.17, 15) is 8.42 Å². The van der Waals surface area contributed by atoms with E-state index in [0.29, 0.717) is 30.5 Å². The quantitative estimate of drug-likeness (QED) is 0.688. The molecule has 0 unspecified atom stereocenters. The fraction of sp³-hybridized carbons (Fsp3) is 0.250. The van der Waals surface area contributed by atoms with E-state index in [1.165, 1.54) is 4.31 Å². The van der Waals surface area contributed by atoms with Crippen molar-refractivity contribution in [1.82, 2.24) is 13.1 Å². The molecule has 0 saturated heterocycles. The maximum atomic E-state index is 13.0. The van der Waals surface area contributed by atoms with Crippen molar-refractivity contribution in [2.45, 2.75) is 18.2 Å². The SMILES string of the molecule is CCN(CCc1ccccc1)S(=O)(=O)c1cccc2nsnc12. The van der Waals surface area contributed by atoms with Crippen LogP contribution in [0.1, 0.15) is 12.5 Å². The standard InChI is InChI=1S/C16H17N3O2S2/c1-2-19(12-11-13-7-4-3-5-8-13)23(20,21)15-10-6-9-14-16(15)18-22-17-14/h3-10H,2,11-12H2,1H3.